The van der Waals surface area contributed by atoms with Crippen LogP contribution in [0.3, 0.4) is 0 Å². The number of nitrogens with one attached hydrogen (secondary N) is 1. The van der Waals surface area contributed by atoms with E-state index in [1.165, 1.54) is 0 Å². The summed E-state index contributed by atoms with van der Waals surface area (Å²) in [6.07, 6.45) is 0. The van der Waals surface area contributed by atoms with Gasteiger partial charge in [0.25, 0.3) is 0 Å². The average Bonchev–Trinajstić information content (AvgIpc) is 2.38. The van der Waals surface area contributed by atoms with Crippen molar-refractivity contribution >= 4 is 30.1 Å². The maximum Gasteiger partial charge on any atom is 0.233 e. The Kier molecular flexibility index (Phi) is 6.54. The predicted octanol–water partition coefficient (Wildman–Crippen LogP) is 2.02. The van der Waals surface area contributed by atoms with Crippen LogP contribution in [0.5, 0.6) is 0 Å². The number of carbonyl (C=O) groups excluding carboxylic acids is 1. The Hall–Kier alpha value is -0.710. The molecule has 5 heteroatoms. The number of piperazine rings is 1. The summed E-state index contributed by atoms with van der Waals surface area (Å²) >= 11 is 1.61. The van der Waals surface area contributed by atoms with Crippen molar-refractivity contribution in [2.45, 2.75) is 17.9 Å². The molecule has 1 saturated heterocycles. The molecule has 18 heavy (non-hydrogen) atoms. The fraction of sp³-hybridized carbons (Fsp3) is 0.462. The van der Waals surface area contributed by atoms with Gasteiger partial charge in [0.1, 0.15) is 0 Å². The second-order valence-electron chi connectivity index (χ2n) is 4.24. The van der Waals surface area contributed by atoms with E-state index in [0.29, 0.717) is 11.8 Å². The van der Waals surface area contributed by atoms with Crippen LogP contribution in [0.2, 0.25) is 0 Å². The lowest BCUT2D eigenvalue weighted by Crippen LogP contribution is -2.52. The second-order valence-corrected chi connectivity index (χ2v) is 5.29. The number of benzene rings is 1. The smallest absolute Gasteiger partial charge is 0.233 e. The van der Waals surface area contributed by atoms with Crippen LogP contribution in [0.1, 0.15) is 6.92 Å². The van der Waals surface area contributed by atoms with E-state index in [9.17, 15) is 4.79 Å². The van der Waals surface area contributed by atoms with Gasteiger partial charge in [0.15, 0.2) is 0 Å². The van der Waals surface area contributed by atoms with Gasteiger partial charge in [0.05, 0.1) is 5.75 Å². The normalized spacial score (nSPS) is 19.2. The van der Waals surface area contributed by atoms with E-state index >= 15 is 0 Å². The molecule has 0 aliphatic carbocycles. The summed E-state index contributed by atoms with van der Waals surface area (Å²) in [4.78, 5) is 15.2. The van der Waals surface area contributed by atoms with Crippen molar-refractivity contribution in [2.24, 2.45) is 0 Å². The zero-order valence-corrected chi connectivity index (χ0v) is 12.1. The molecule has 1 aromatic rings. The molecule has 1 amide bonds. The number of hydrogen-bond acceptors (Lipinski definition) is 3. The van der Waals surface area contributed by atoms with Crippen LogP contribution in [0.25, 0.3) is 0 Å². The first-order chi connectivity index (χ1) is 8.27. The quantitative estimate of drug-likeness (QED) is 0.863. The number of rotatable bonds is 3. The van der Waals surface area contributed by atoms with Gasteiger partial charge in [-0.1, -0.05) is 18.2 Å². The van der Waals surface area contributed by atoms with Crippen molar-refractivity contribution in [1.29, 1.82) is 0 Å². The molecule has 1 N–H and O–H groups in total. The average molecular weight is 287 g/mol. The van der Waals surface area contributed by atoms with Crippen molar-refractivity contribution in [3.8, 4) is 0 Å². The highest BCUT2D eigenvalue weighted by Gasteiger charge is 2.22. The number of hydrogen-bond donors (Lipinski definition) is 1. The molecule has 2 rings (SSSR count). The molecular formula is C13H19ClN2OS. The van der Waals surface area contributed by atoms with Crippen LogP contribution in [0.15, 0.2) is 35.2 Å². The number of amides is 1. The number of nitrogens with zero attached hydrogens (tertiary/aromatic N) is 1. The molecule has 1 aliphatic rings. The molecule has 0 unspecified atom stereocenters. The minimum atomic E-state index is 0. The van der Waals surface area contributed by atoms with Gasteiger partial charge in [-0.25, -0.2) is 0 Å². The van der Waals surface area contributed by atoms with Crippen molar-refractivity contribution in [3.05, 3.63) is 30.3 Å². The molecule has 1 atom stereocenters. The summed E-state index contributed by atoms with van der Waals surface area (Å²) in [5.41, 5.74) is 0. The van der Waals surface area contributed by atoms with Gasteiger partial charge in [-0.05, 0) is 19.1 Å². The van der Waals surface area contributed by atoms with E-state index in [2.05, 4.69) is 12.2 Å². The molecule has 100 valence electrons. The highest BCUT2D eigenvalue weighted by atomic mass is 35.5. The summed E-state index contributed by atoms with van der Waals surface area (Å²) in [5.74, 6) is 0.779. The van der Waals surface area contributed by atoms with Gasteiger partial charge in [0, 0.05) is 30.6 Å². The number of thioether (sulfide) groups is 1. The van der Waals surface area contributed by atoms with E-state index in [4.69, 9.17) is 0 Å². The van der Waals surface area contributed by atoms with E-state index in [1.54, 1.807) is 11.8 Å². The van der Waals surface area contributed by atoms with Crippen LogP contribution < -0.4 is 5.32 Å². The zero-order chi connectivity index (χ0) is 12.1. The first-order valence-corrected chi connectivity index (χ1v) is 6.94. The summed E-state index contributed by atoms with van der Waals surface area (Å²) < 4.78 is 0. The first kappa shape index (κ1) is 15.3. The van der Waals surface area contributed by atoms with Crippen LogP contribution in [0, 0.1) is 0 Å². The maximum absolute atomic E-state index is 12.1. The Balaban J connectivity index is 0.00000162. The molecular weight excluding hydrogens is 268 g/mol. The lowest BCUT2D eigenvalue weighted by Gasteiger charge is -2.33. The van der Waals surface area contributed by atoms with Gasteiger partial charge in [-0.3, -0.25) is 4.79 Å². The zero-order valence-electron chi connectivity index (χ0n) is 10.5. The highest BCUT2D eigenvalue weighted by Crippen LogP contribution is 2.18. The Morgan fingerprint density at radius 1 is 1.44 bits per heavy atom. The van der Waals surface area contributed by atoms with E-state index in [0.717, 1.165) is 24.5 Å². The number of carbonyl (C=O) groups is 1. The maximum atomic E-state index is 12.1. The van der Waals surface area contributed by atoms with E-state index in [-0.39, 0.29) is 18.3 Å². The Morgan fingerprint density at radius 3 is 2.83 bits per heavy atom. The van der Waals surface area contributed by atoms with Gasteiger partial charge in [-0.2, -0.15) is 0 Å². The van der Waals surface area contributed by atoms with Crippen LogP contribution in [-0.2, 0) is 4.79 Å². The Bertz CT molecular complexity index is 375. The van der Waals surface area contributed by atoms with Crippen LogP contribution >= 0.6 is 24.2 Å². The van der Waals surface area contributed by atoms with Gasteiger partial charge >= 0.3 is 0 Å². The van der Waals surface area contributed by atoms with Gasteiger partial charge in [-0.15, -0.1) is 24.2 Å². The molecule has 1 aliphatic heterocycles. The molecule has 0 bridgehead atoms. The largest absolute Gasteiger partial charge is 0.337 e. The molecule has 0 saturated carbocycles. The fourth-order valence-electron chi connectivity index (χ4n) is 1.96. The topological polar surface area (TPSA) is 32.3 Å². The van der Waals surface area contributed by atoms with Gasteiger partial charge in [0.2, 0.25) is 5.91 Å². The summed E-state index contributed by atoms with van der Waals surface area (Å²) in [7, 11) is 0. The SMILES string of the molecule is C[C@@H]1CNCCN1C(=O)CSc1ccccc1.Cl. The lowest BCUT2D eigenvalue weighted by atomic mass is 10.2. The molecule has 1 heterocycles. The standard InChI is InChI=1S/C13H18N2OS.ClH/c1-11-9-14-7-8-15(11)13(16)10-17-12-5-3-2-4-6-12;/h2-6,11,14H,7-10H2,1H3;1H/t11-;/m1./s1. The molecule has 1 fully saturated rings. The Labute approximate surface area is 119 Å². The van der Waals surface area contributed by atoms with Crippen molar-refractivity contribution in [3.63, 3.8) is 0 Å². The minimum Gasteiger partial charge on any atom is -0.337 e. The second kappa shape index (κ2) is 7.67. The molecule has 1 aromatic carbocycles. The summed E-state index contributed by atoms with van der Waals surface area (Å²) in [6.45, 7) is 4.74. The third-order valence-electron chi connectivity index (χ3n) is 2.93. The monoisotopic (exact) mass is 286 g/mol. The van der Waals surface area contributed by atoms with Gasteiger partial charge < -0.3 is 10.2 Å². The number of halogens is 1. The summed E-state index contributed by atoms with van der Waals surface area (Å²) in [6, 6.07) is 10.4. The molecule has 0 aromatic heterocycles. The Morgan fingerprint density at radius 2 is 2.17 bits per heavy atom. The minimum absolute atomic E-state index is 0. The van der Waals surface area contributed by atoms with Crippen molar-refractivity contribution < 1.29 is 4.79 Å². The summed E-state index contributed by atoms with van der Waals surface area (Å²) in [5, 5.41) is 3.29. The third kappa shape index (κ3) is 4.19. The fourth-order valence-corrected chi connectivity index (χ4v) is 2.76. The predicted molar refractivity (Wildman–Crippen MR) is 78.5 cm³/mol. The van der Waals surface area contributed by atoms with Crippen molar-refractivity contribution in [1.82, 2.24) is 10.2 Å². The molecule has 0 spiro atoms. The van der Waals surface area contributed by atoms with Crippen molar-refractivity contribution in [2.75, 3.05) is 25.4 Å². The third-order valence-corrected chi connectivity index (χ3v) is 3.92. The first-order valence-electron chi connectivity index (χ1n) is 5.95. The molecule has 3 nitrogen and oxygen atoms in total. The van der Waals surface area contributed by atoms with Crippen LogP contribution in [0.4, 0.5) is 0 Å². The van der Waals surface area contributed by atoms with Crippen LogP contribution in [-0.4, -0.2) is 42.2 Å². The molecule has 0 radical (unpaired) electrons. The lowest BCUT2D eigenvalue weighted by molar-refractivity contribution is -0.131. The highest BCUT2D eigenvalue weighted by molar-refractivity contribution is 8.00. The van der Waals surface area contributed by atoms with E-state index in [1.807, 2.05) is 35.2 Å². The van der Waals surface area contributed by atoms with E-state index < -0.39 is 0 Å².